The Morgan fingerprint density at radius 2 is 1.96 bits per heavy atom. The fraction of sp³-hybridized carbons (Fsp3) is 0.429. The van der Waals surface area contributed by atoms with Crippen molar-refractivity contribution in [3.8, 4) is 5.75 Å². The van der Waals surface area contributed by atoms with Gasteiger partial charge in [-0.25, -0.2) is 0 Å². The molecular formula is C14H18F3N3O3. The van der Waals surface area contributed by atoms with Crippen LogP contribution in [0.4, 0.5) is 18.9 Å². The van der Waals surface area contributed by atoms with Crippen LogP contribution in [0.3, 0.4) is 0 Å². The van der Waals surface area contributed by atoms with Gasteiger partial charge in [0.2, 0.25) is 11.8 Å². The molecule has 0 bridgehead atoms. The molecule has 0 heterocycles. The first-order valence-corrected chi connectivity index (χ1v) is 6.88. The van der Waals surface area contributed by atoms with Crippen LogP contribution in [-0.2, 0) is 15.8 Å². The van der Waals surface area contributed by atoms with E-state index in [1.54, 1.807) is 0 Å². The summed E-state index contributed by atoms with van der Waals surface area (Å²) in [6, 6.07) is 2.80. The Morgan fingerprint density at radius 3 is 2.52 bits per heavy atom. The van der Waals surface area contributed by atoms with Crippen LogP contribution >= 0.6 is 0 Å². The number of nitrogens with one attached hydrogen (secondary N) is 2. The molecule has 0 spiro atoms. The van der Waals surface area contributed by atoms with Gasteiger partial charge in [0.15, 0.2) is 0 Å². The summed E-state index contributed by atoms with van der Waals surface area (Å²) >= 11 is 0. The first-order valence-electron chi connectivity index (χ1n) is 6.88. The first kappa shape index (κ1) is 18.8. The van der Waals surface area contributed by atoms with Crippen molar-refractivity contribution >= 4 is 17.5 Å². The Labute approximate surface area is 131 Å². The lowest BCUT2D eigenvalue weighted by Crippen LogP contribution is -2.36. The van der Waals surface area contributed by atoms with E-state index in [1.807, 2.05) is 6.92 Å². The zero-order valence-corrected chi connectivity index (χ0v) is 12.5. The molecule has 0 saturated heterocycles. The number of hydrogen-bond donors (Lipinski definition) is 3. The average molecular weight is 333 g/mol. The molecule has 0 atom stereocenters. The van der Waals surface area contributed by atoms with Crippen molar-refractivity contribution in [1.29, 1.82) is 0 Å². The van der Waals surface area contributed by atoms with E-state index in [4.69, 9.17) is 10.5 Å². The Morgan fingerprint density at radius 1 is 1.26 bits per heavy atom. The lowest BCUT2D eigenvalue weighted by Gasteiger charge is -2.15. The van der Waals surface area contributed by atoms with E-state index in [0.29, 0.717) is 6.42 Å². The van der Waals surface area contributed by atoms with Crippen LogP contribution in [0.25, 0.3) is 0 Å². The lowest BCUT2D eigenvalue weighted by molar-refractivity contribution is -0.137. The number of halogens is 3. The second kappa shape index (κ2) is 8.37. The Hall–Kier alpha value is -2.29. The van der Waals surface area contributed by atoms with Gasteiger partial charge in [-0.05, 0) is 24.6 Å². The number of hydrogen-bond acceptors (Lipinski definition) is 4. The molecular weight excluding hydrogens is 315 g/mol. The predicted octanol–water partition coefficient (Wildman–Crippen LogP) is 1.51. The second-order valence-corrected chi connectivity index (χ2v) is 4.59. The largest absolute Gasteiger partial charge is 0.491 e. The topological polar surface area (TPSA) is 93.5 Å². The van der Waals surface area contributed by atoms with Gasteiger partial charge in [0.25, 0.3) is 0 Å². The summed E-state index contributed by atoms with van der Waals surface area (Å²) in [7, 11) is 0. The van der Waals surface area contributed by atoms with Gasteiger partial charge in [0.1, 0.15) is 5.75 Å². The van der Waals surface area contributed by atoms with Crippen molar-refractivity contribution < 1.29 is 27.5 Å². The fourth-order valence-corrected chi connectivity index (χ4v) is 1.59. The van der Waals surface area contributed by atoms with Crippen molar-refractivity contribution in [3.05, 3.63) is 23.8 Å². The minimum atomic E-state index is -4.55. The van der Waals surface area contributed by atoms with Gasteiger partial charge in [0.05, 0.1) is 30.9 Å². The van der Waals surface area contributed by atoms with E-state index < -0.39 is 30.1 Å². The summed E-state index contributed by atoms with van der Waals surface area (Å²) in [6.07, 6.45) is -3.89. The molecule has 0 aliphatic carbocycles. The summed E-state index contributed by atoms with van der Waals surface area (Å²) in [6.45, 7) is 1.43. The predicted molar refractivity (Wildman–Crippen MR) is 77.9 cm³/mol. The molecule has 6 nitrogen and oxygen atoms in total. The molecule has 9 heteroatoms. The maximum Gasteiger partial charge on any atom is 0.416 e. The molecule has 0 unspecified atom stereocenters. The monoisotopic (exact) mass is 333 g/mol. The number of nitrogens with two attached hydrogens (primary N) is 1. The second-order valence-electron chi connectivity index (χ2n) is 4.59. The number of carbonyl (C=O) groups excluding carboxylic acids is 2. The quantitative estimate of drug-likeness (QED) is 0.705. The summed E-state index contributed by atoms with van der Waals surface area (Å²) in [5.41, 5.74) is 4.04. The van der Waals surface area contributed by atoms with Crippen LogP contribution in [0.1, 0.15) is 18.9 Å². The minimum absolute atomic E-state index is 0.111. The van der Waals surface area contributed by atoms with E-state index in [2.05, 4.69) is 10.6 Å². The molecule has 0 aliphatic rings. The number of benzene rings is 1. The van der Waals surface area contributed by atoms with Crippen molar-refractivity contribution in [2.45, 2.75) is 19.5 Å². The number of alkyl halides is 3. The standard InChI is InChI=1S/C14H18F3N3O3/c1-2-5-23-11-4-3-9(14(15,16)17)6-10(11)20-13(22)8-19-12(21)7-18/h3-4,6H,2,5,7-8,18H2,1H3,(H,19,21)(H,20,22). The number of carbonyl (C=O) groups is 2. The van der Waals surface area contributed by atoms with Crippen LogP contribution in [0.2, 0.25) is 0 Å². The van der Waals surface area contributed by atoms with Crippen molar-refractivity contribution in [1.82, 2.24) is 5.32 Å². The Balaban J connectivity index is 2.90. The van der Waals surface area contributed by atoms with E-state index in [1.165, 1.54) is 0 Å². The van der Waals surface area contributed by atoms with Crippen LogP contribution in [-0.4, -0.2) is 31.5 Å². The highest BCUT2D eigenvalue weighted by molar-refractivity contribution is 5.96. The zero-order chi connectivity index (χ0) is 17.5. The van der Waals surface area contributed by atoms with Crippen LogP contribution in [0.15, 0.2) is 18.2 Å². The molecule has 0 aliphatic heterocycles. The van der Waals surface area contributed by atoms with Crippen LogP contribution in [0.5, 0.6) is 5.75 Å². The van der Waals surface area contributed by atoms with Crippen molar-refractivity contribution in [3.63, 3.8) is 0 Å². The number of anilines is 1. The molecule has 23 heavy (non-hydrogen) atoms. The van der Waals surface area contributed by atoms with Gasteiger partial charge in [0, 0.05) is 0 Å². The highest BCUT2D eigenvalue weighted by Crippen LogP contribution is 2.35. The van der Waals surface area contributed by atoms with E-state index in [-0.39, 0.29) is 24.6 Å². The van der Waals surface area contributed by atoms with Gasteiger partial charge in [-0.1, -0.05) is 6.92 Å². The molecule has 1 aromatic rings. The molecule has 4 N–H and O–H groups in total. The summed E-state index contributed by atoms with van der Waals surface area (Å²) < 4.78 is 43.6. The summed E-state index contributed by atoms with van der Waals surface area (Å²) in [5.74, 6) is -1.11. The van der Waals surface area contributed by atoms with Crippen LogP contribution in [0, 0.1) is 0 Å². The molecule has 2 amide bonds. The van der Waals surface area contributed by atoms with Crippen molar-refractivity contribution in [2.24, 2.45) is 5.73 Å². The molecule has 1 rings (SSSR count). The third-order valence-electron chi connectivity index (χ3n) is 2.67. The number of rotatable bonds is 7. The van der Waals surface area contributed by atoms with Gasteiger partial charge < -0.3 is 21.1 Å². The molecule has 128 valence electrons. The molecule has 0 saturated carbocycles. The molecule has 1 aromatic carbocycles. The van der Waals surface area contributed by atoms with E-state index in [0.717, 1.165) is 18.2 Å². The summed E-state index contributed by atoms with van der Waals surface area (Å²) in [5, 5.41) is 4.51. The average Bonchev–Trinajstić information content (AvgIpc) is 2.50. The van der Waals surface area contributed by atoms with E-state index >= 15 is 0 Å². The Bertz CT molecular complexity index is 562. The van der Waals surface area contributed by atoms with Gasteiger partial charge in [-0.2, -0.15) is 13.2 Å². The number of ether oxygens (including phenoxy) is 1. The van der Waals surface area contributed by atoms with Gasteiger partial charge >= 0.3 is 6.18 Å². The maximum absolute atomic E-state index is 12.8. The molecule has 0 fully saturated rings. The molecule has 0 radical (unpaired) electrons. The third-order valence-corrected chi connectivity index (χ3v) is 2.67. The van der Waals surface area contributed by atoms with Gasteiger partial charge in [-0.3, -0.25) is 9.59 Å². The Kier molecular flexibility index (Phi) is 6.83. The van der Waals surface area contributed by atoms with Crippen molar-refractivity contribution in [2.75, 3.05) is 25.0 Å². The van der Waals surface area contributed by atoms with Gasteiger partial charge in [-0.15, -0.1) is 0 Å². The molecule has 0 aromatic heterocycles. The maximum atomic E-state index is 12.8. The third kappa shape index (κ3) is 6.15. The van der Waals surface area contributed by atoms with Crippen LogP contribution < -0.4 is 21.1 Å². The van der Waals surface area contributed by atoms with E-state index in [9.17, 15) is 22.8 Å². The zero-order valence-electron chi connectivity index (χ0n) is 12.5. The first-order chi connectivity index (χ1) is 10.8. The minimum Gasteiger partial charge on any atom is -0.491 e. The summed E-state index contributed by atoms with van der Waals surface area (Å²) in [4.78, 5) is 22.7. The normalized spacial score (nSPS) is 11.0. The highest BCUT2D eigenvalue weighted by Gasteiger charge is 2.31. The fourth-order valence-electron chi connectivity index (χ4n) is 1.59. The lowest BCUT2D eigenvalue weighted by atomic mass is 10.1. The number of amides is 2. The smallest absolute Gasteiger partial charge is 0.416 e. The SMILES string of the molecule is CCCOc1ccc(C(F)(F)F)cc1NC(=O)CNC(=O)CN. The highest BCUT2D eigenvalue weighted by atomic mass is 19.4.